The normalized spacial score (nSPS) is 15.6. The van der Waals surface area contributed by atoms with Crippen molar-refractivity contribution < 1.29 is 9.53 Å². The molecule has 1 aliphatic carbocycles. The molecule has 3 heteroatoms. The van der Waals surface area contributed by atoms with Crippen molar-refractivity contribution in [3.8, 4) is 5.75 Å². The van der Waals surface area contributed by atoms with E-state index in [0.717, 1.165) is 12.2 Å². The van der Waals surface area contributed by atoms with Gasteiger partial charge >= 0.3 is 0 Å². The summed E-state index contributed by atoms with van der Waals surface area (Å²) in [7, 11) is 0. The smallest absolute Gasteiger partial charge is 0.260 e. The zero-order chi connectivity index (χ0) is 14.5. The summed E-state index contributed by atoms with van der Waals surface area (Å²) >= 11 is 0. The summed E-state index contributed by atoms with van der Waals surface area (Å²) in [5.74, 6) is 1.21. The summed E-state index contributed by atoms with van der Waals surface area (Å²) in [5, 5.41) is 2.90. The minimum Gasteiger partial charge on any atom is -0.481 e. The number of hydrogen-bond donors (Lipinski definition) is 1. The Hall–Kier alpha value is -1.51. The van der Waals surface area contributed by atoms with E-state index in [9.17, 15) is 4.79 Å². The Morgan fingerprint density at radius 1 is 1.20 bits per heavy atom. The third kappa shape index (κ3) is 3.99. The van der Waals surface area contributed by atoms with Crippen molar-refractivity contribution >= 4 is 5.91 Å². The van der Waals surface area contributed by atoms with Crippen LogP contribution >= 0.6 is 0 Å². The van der Waals surface area contributed by atoms with Crippen LogP contribution in [0, 0.1) is 5.92 Å². The van der Waals surface area contributed by atoms with Gasteiger partial charge in [0, 0.05) is 6.54 Å². The van der Waals surface area contributed by atoms with Crippen LogP contribution in [0.2, 0.25) is 0 Å². The Morgan fingerprint density at radius 2 is 1.90 bits per heavy atom. The molecule has 0 aromatic heterocycles. The van der Waals surface area contributed by atoms with E-state index in [0.29, 0.717) is 12.5 Å². The number of carbonyl (C=O) groups is 1. The zero-order valence-corrected chi connectivity index (χ0v) is 12.7. The van der Waals surface area contributed by atoms with Crippen LogP contribution in [0.15, 0.2) is 18.2 Å². The first-order valence-electron chi connectivity index (χ1n) is 7.62. The number of ether oxygens (including phenoxy) is 1. The van der Waals surface area contributed by atoms with E-state index in [1.165, 1.54) is 30.4 Å². The van der Waals surface area contributed by atoms with E-state index in [1.54, 1.807) is 6.92 Å². The molecular weight excluding hydrogens is 250 g/mol. The third-order valence-electron chi connectivity index (χ3n) is 3.69. The van der Waals surface area contributed by atoms with Crippen molar-refractivity contribution in [3.63, 3.8) is 0 Å². The maximum absolute atomic E-state index is 11.9. The number of rotatable bonds is 5. The fraction of sp³-hybridized carbons (Fsp3) is 0.588. The predicted octanol–water partition coefficient (Wildman–Crippen LogP) is 3.10. The standard InChI is InChI=1S/C17H25NO2/c1-12(2)11-18-17(19)13(3)20-16-9-8-14-6-4-5-7-15(14)10-16/h8-10,12-13H,4-7,11H2,1-3H3,(H,18,19)/t13-/m1/s1. The molecule has 0 heterocycles. The highest BCUT2D eigenvalue weighted by Crippen LogP contribution is 2.25. The minimum atomic E-state index is -0.449. The van der Waals surface area contributed by atoms with Gasteiger partial charge in [-0.05, 0) is 61.8 Å². The maximum Gasteiger partial charge on any atom is 0.260 e. The number of nitrogens with one attached hydrogen (secondary N) is 1. The molecule has 0 saturated carbocycles. The van der Waals surface area contributed by atoms with Gasteiger partial charge in [0.1, 0.15) is 5.75 Å². The molecule has 1 atom stereocenters. The van der Waals surface area contributed by atoms with Crippen LogP contribution in [0.5, 0.6) is 5.75 Å². The molecule has 110 valence electrons. The fourth-order valence-electron chi connectivity index (χ4n) is 2.49. The molecule has 2 rings (SSSR count). The van der Waals surface area contributed by atoms with Gasteiger partial charge in [-0.2, -0.15) is 0 Å². The predicted molar refractivity (Wildman–Crippen MR) is 81.0 cm³/mol. The number of carbonyl (C=O) groups excluding carboxylic acids is 1. The minimum absolute atomic E-state index is 0.0450. The number of benzene rings is 1. The number of hydrogen-bond acceptors (Lipinski definition) is 2. The molecular formula is C17H25NO2. The Morgan fingerprint density at radius 3 is 2.60 bits per heavy atom. The Balaban J connectivity index is 1.93. The largest absolute Gasteiger partial charge is 0.481 e. The number of amides is 1. The second kappa shape index (κ2) is 6.78. The van der Waals surface area contributed by atoms with Crippen molar-refractivity contribution in [2.24, 2.45) is 5.92 Å². The molecule has 0 fully saturated rings. The fourth-order valence-corrected chi connectivity index (χ4v) is 2.49. The Kier molecular flexibility index (Phi) is 5.05. The quantitative estimate of drug-likeness (QED) is 0.896. The van der Waals surface area contributed by atoms with E-state index in [1.807, 2.05) is 6.07 Å². The molecule has 0 aliphatic heterocycles. The summed E-state index contributed by atoms with van der Waals surface area (Å²) in [6, 6.07) is 6.22. The molecule has 0 radical (unpaired) electrons. The first kappa shape index (κ1) is 14.9. The van der Waals surface area contributed by atoms with Crippen LogP contribution in [0.3, 0.4) is 0 Å². The molecule has 0 unspecified atom stereocenters. The van der Waals surface area contributed by atoms with E-state index in [-0.39, 0.29) is 5.91 Å². The molecule has 3 nitrogen and oxygen atoms in total. The summed E-state index contributed by atoms with van der Waals surface area (Å²) in [6.45, 7) is 6.65. The van der Waals surface area contributed by atoms with Crippen LogP contribution in [-0.4, -0.2) is 18.6 Å². The van der Waals surface area contributed by atoms with Gasteiger partial charge in [0.25, 0.3) is 5.91 Å². The van der Waals surface area contributed by atoms with Gasteiger partial charge in [-0.15, -0.1) is 0 Å². The highest BCUT2D eigenvalue weighted by molar-refractivity contribution is 5.80. The van der Waals surface area contributed by atoms with Gasteiger partial charge in [-0.1, -0.05) is 19.9 Å². The molecule has 1 aliphatic rings. The van der Waals surface area contributed by atoms with E-state index >= 15 is 0 Å². The van der Waals surface area contributed by atoms with Gasteiger partial charge in [0.2, 0.25) is 0 Å². The average Bonchev–Trinajstić information content (AvgIpc) is 2.44. The maximum atomic E-state index is 11.9. The lowest BCUT2D eigenvalue weighted by molar-refractivity contribution is -0.127. The van der Waals surface area contributed by atoms with Gasteiger partial charge in [-0.25, -0.2) is 0 Å². The first-order valence-corrected chi connectivity index (χ1v) is 7.62. The Bertz CT molecular complexity index is 468. The summed E-state index contributed by atoms with van der Waals surface area (Å²) in [5.41, 5.74) is 2.81. The van der Waals surface area contributed by atoms with Crippen molar-refractivity contribution in [1.29, 1.82) is 0 Å². The molecule has 1 amide bonds. The molecule has 20 heavy (non-hydrogen) atoms. The van der Waals surface area contributed by atoms with Gasteiger partial charge < -0.3 is 10.1 Å². The van der Waals surface area contributed by atoms with Crippen LogP contribution in [-0.2, 0) is 17.6 Å². The van der Waals surface area contributed by atoms with E-state index < -0.39 is 6.10 Å². The van der Waals surface area contributed by atoms with Crippen LogP contribution in [0.4, 0.5) is 0 Å². The topological polar surface area (TPSA) is 38.3 Å². The van der Waals surface area contributed by atoms with Crippen LogP contribution in [0.25, 0.3) is 0 Å². The summed E-state index contributed by atoms with van der Waals surface area (Å²) in [6.07, 6.45) is 4.37. The summed E-state index contributed by atoms with van der Waals surface area (Å²) in [4.78, 5) is 11.9. The van der Waals surface area contributed by atoms with Crippen molar-refractivity contribution in [2.45, 2.75) is 52.6 Å². The lowest BCUT2D eigenvalue weighted by Gasteiger charge is -2.19. The van der Waals surface area contributed by atoms with Crippen molar-refractivity contribution in [3.05, 3.63) is 29.3 Å². The van der Waals surface area contributed by atoms with Crippen molar-refractivity contribution in [2.75, 3.05) is 6.54 Å². The molecule has 0 spiro atoms. The number of fused-ring (bicyclic) bond motifs is 1. The van der Waals surface area contributed by atoms with E-state index in [2.05, 4.69) is 31.3 Å². The molecule has 1 aromatic rings. The lowest BCUT2D eigenvalue weighted by atomic mass is 9.92. The van der Waals surface area contributed by atoms with Crippen molar-refractivity contribution in [1.82, 2.24) is 5.32 Å². The molecule has 1 aromatic carbocycles. The SMILES string of the molecule is CC(C)CNC(=O)[C@@H](C)Oc1ccc2c(c1)CCCC2. The zero-order valence-electron chi connectivity index (χ0n) is 12.7. The second-order valence-corrected chi connectivity index (χ2v) is 6.04. The Labute approximate surface area is 121 Å². The molecule has 1 N–H and O–H groups in total. The highest BCUT2D eigenvalue weighted by atomic mass is 16.5. The number of aryl methyl sites for hydroxylation is 2. The third-order valence-corrected chi connectivity index (χ3v) is 3.69. The first-order chi connectivity index (χ1) is 9.56. The molecule has 0 saturated heterocycles. The lowest BCUT2D eigenvalue weighted by Crippen LogP contribution is -2.38. The van der Waals surface area contributed by atoms with Crippen LogP contribution in [0.1, 0.15) is 44.7 Å². The summed E-state index contributed by atoms with van der Waals surface area (Å²) < 4.78 is 5.76. The van der Waals surface area contributed by atoms with Gasteiger partial charge in [0.05, 0.1) is 0 Å². The molecule has 0 bridgehead atoms. The monoisotopic (exact) mass is 275 g/mol. The van der Waals surface area contributed by atoms with Crippen LogP contribution < -0.4 is 10.1 Å². The van der Waals surface area contributed by atoms with E-state index in [4.69, 9.17) is 4.74 Å². The van der Waals surface area contributed by atoms with Gasteiger partial charge in [0.15, 0.2) is 6.10 Å². The second-order valence-electron chi connectivity index (χ2n) is 6.04. The van der Waals surface area contributed by atoms with Gasteiger partial charge in [-0.3, -0.25) is 4.79 Å². The average molecular weight is 275 g/mol. The highest BCUT2D eigenvalue weighted by Gasteiger charge is 2.16.